The zero-order chi connectivity index (χ0) is 14.0. The third-order valence-corrected chi connectivity index (χ3v) is 2.28. The Kier molecular flexibility index (Phi) is 3.38. The van der Waals surface area contributed by atoms with Crippen LogP contribution in [0.4, 0.5) is 19.0 Å². The first kappa shape index (κ1) is 13.3. The van der Waals surface area contributed by atoms with E-state index in [4.69, 9.17) is 5.84 Å². The number of aromatic nitrogens is 4. The number of anilines is 1. The average molecular weight is 272 g/mol. The Morgan fingerprint density at radius 3 is 2.63 bits per heavy atom. The first-order chi connectivity index (χ1) is 8.87. The van der Waals surface area contributed by atoms with Crippen LogP contribution in [0.15, 0.2) is 18.5 Å². The van der Waals surface area contributed by atoms with Crippen molar-refractivity contribution in [3.05, 3.63) is 24.3 Å². The summed E-state index contributed by atoms with van der Waals surface area (Å²) in [6, 6.07) is 1.46. The lowest BCUT2D eigenvalue weighted by molar-refractivity contribution is -0.128. The van der Waals surface area contributed by atoms with E-state index in [1.54, 1.807) is 13.2 Å². The van der Waals surface area contributed by atoms with Crippen molar-refractivity contribution in [3.8, 4) is 11.3 Å². The molecule has 0 radical (unpaired) electrons. The number of aryl methyl sites for hydroxylation is 1. The fraction of sp³-hybridized carbons (Fsp3) is 0.300. The summed E-state index contributed by atoms with van der Waals surface area (Å²) in [5.41, 5.74) is 3.14. The Morgan fingerprint density at radius 2 is 2.11 bits per heavy atom. The van der Waals surface area contributed by atoms with Gasteiger partial charge >= 0.3 is 6.18 Å². The molecule has 0 atom stereocenters. The molecule has 0 amide bonds. The van der Waals surface area contributed by atoms with Crippen LogP contribution in [0.2, 0.25) is 0 Å². The van der Waals surface area contributed by atoms with Gasteiger partial charge in [0.05, 0.1) is 11.9 Å². The minimum Gasteiger partial charge on any atom is -0.308 e. The van der Waals surface area contributed by atoms with E-state index in [1.165, 1.54) is 16.9 Å². The average Bonchev–Trinajstić information content (AvgIpc) is 2.73. The molecule has 0 aliphatic rings. The molecule has 102 valence electrons. The molecule has 9 heteroatoms. The second kappa shape index (κ2) is 4.84. The number of nitrogens with one attached hydrogen (secondary N) is 1. The van der Waals surface area contributed by atoms with E-state index >= 15 is 0 Å². The monoisotopic (exact) mass is 272 g/mol. The van der Waals surface area contributed by atoms with Crippen molar-refractivity contribution in [2.45, 2.75) is 12.6 Å². The van der Waals surface area contributed by atoms with E-state index in [9.17, 15) is 13.2 Å². The maximum Gasteiger partial charge on any atom is 0.396 e. The lowest BCUT2D eigenvalue weighted by atomic mass is 10.2. The van der Waals surface area contributed by atoms with Gasteiger partial charge in [-0.1, -0.05) is 0 Å². The lowest BCUT2D eigenvalue weighted by Crippen LogP contribution is -2.17. The number of nitrogens with two attached hydrogens (primary N) is 1. The molecule has 0 aliphatic carbocycles. The van der Waals surface area contributed by atoms with Crippen molar-refractivity contribution in [3.63, 3.8) is 0 Å². The van der Waals surface area contributed by atoms with Crippen LogP contribution in [0.25, 0.3) is 11.3 Å². The van der Waals surface area contributed by atoms with Gasteiger partial charge in [0.25, 0.3) is 0 Å². The van der Waals surface area contributed by atoms with Gasteiger partial charge in [0.1, 0.15) is 18.1 Å². The molecule has 19 heavy (non-hydrogen) atoms. The van der Waals surface area contributed by atoms with Crippen LogP contribution < -0.4 is 11.3 Å². The topological polar surface area (TPSA) is 81.7 Å². The summed E-state index contributed by atoms with van der Waals surface area (Å²) in [5, 5.41) is 3.94. The highest BCUT2D eigenvalue weighted by molar-refractivity contribution is 5.60. The second-order valence-electron chi connectivity index (χ2n) is 3.89. The van der Waals surface area contributed by atoms with E-state index in [2.05, 4.69) is 20.5 Å². The standard InChI is InChI=1S/C10H11F3N6/c1-19-5-6(4-15-19)7-2-8(18-14)17-9(16-7)3-10(11,12)13/h2,4-5H,3,14H2,1H3,(H,16,17,18). The number of hydrazine groups is 1. The molecule has 0 unspecified atom stereocenters. The Labute approximate surface area is 106 Å². The lowest BCUT2D eigenvalue weighted by Gasteiger charge is -2.08. The fourth-order valence-electron chi connectivity index (χ4n) is 1.53. The zero-order valence-corrected chi connectivity index (χ0v) is 9.94. The SMILES string of the molecule is Cn1cc(-c2cc(NN)nc(CC(F)(F)F)n2)cn1. The van der Waals surface area contributed by atoms with Crippen molar-refractivity contribution in [2.75, 3.05) is 5.43 Å². The number of hydrogen-bond donors (Lipinski definition) is 2. The highest BCUT2D eigenvalue weighted by Crippen LogP contribution is 2.23. The third-order valence-electron chi connectivity index (χ3n) is 2.28. The molecule has 0 fully saturated rings. The molecule has 6 nitrogen and oxygen atoms in total. The van der Waals surface area contributed by atoms with Crippen molar-refractivity contribution in [1.82, 2.24) is 19.7 Å². The molecule has 2 heterocycles. The maximum absolute atomic E-state index is 12.4. The summed E-state index contributed by atoms with van der Waals surface area (Å²) < 4.78 is 38.6. The molecule has 0 saturated heterocycles. The molecule has 3 N–H and O–H groups in total. The summed E-state index contributed by atoms with van der Waals surface area (Å²) in [5.74, 6) is 4.97. The van der Waals surface area contributed by atoms with Gasteiger partial charge in [-0.15, -0.1) is 0 Å². The van der Waals surface area contributed by atoms with Crippen molar-refractivity contribution in [1.29, 1.82) is 0 Å². The molecule has 2 aromatic heterocycles. The number of hydrogen-bond acceptors (Lipinski definition) is 5. The van der Waals surface area contributed by atoms with Gasteiger partial charge in [-0.2, -0.15) is 18.3 Å². The van der Waals surface area contributed by atoms with Gasteiger partial charge in [-0.05, 0) is 0 Å². The molecular formula is C10H11F3N6. The minimum atomic E-state index is -4.38. The van der Waals surface area contributed by atoms with E-state index in [0.29, 0.717) is 11.3 Å². The van der Waals surface area contributed by atoms with E-state index in [1.807, 2.05) is 0 Å². The van der Waals surface area contributed by atoms with Crippen LogP contribution in [0.1, 0.15) is 5.82 Å². The second-order valence-corrected chi connectivity index (χ2v) is 3.89. The predicted molar refractivity (Wildman–Crippen MR) is 61.8 cm³/mol. The van der Waals surface area contributed by atoms with Gasteiger partial charge in [0, 0.05) is 24.9 Å². The number of alkyl halides is 3. The van der Waals surface area contributed by atoms with Crippen molar-refractivity contribution in [2.24, 2.45) is 12.9 Å². The molecule has 0 spiro atoms. The largest absolute Gasteiger partial charge is 0.396 e. The smallest absolute Gasteiger partial charge is 0.308 e. The van der Waals surface area contributed by atoms with Gasteiger partial charge in [-0.25, -0.2) is 15.8 Å². The third kappa shape index (κ3) is 3.41. The first-order valence-corrected chi connectivity index (χ1v) is 5.28. The van der Waals surface area contributed by atoms with Crippen LogP contribution >= 0.6 is 0 Å². The van der Waals surface area contributed by atoms with Crippen LogP contribution in [0.3, 0.4) is 0 Å². The number of halogens is 3. The Hall–Kier alpha value is -2.16. The Morgan fingerprint density at radius 1 is 1.37 bits per heavy atom. The van der Waals surface area contributed by atoms with Gasteiger partial charge < -0.3 is 5.43 Å². The van der Waals surface area contributed by atoms with Crippen molar-refractivity contribution >= 4 is 5.82 Å². The Balaban J connectivity index is 2.41. The molecule has 0 aliphatic heterocycles. The predicted octanol–water partition coefficient (Wildman–Crippen LogP) is 1.27. The van der Waals surface area contributed by atoms with Gasteiger partial charge in [0.15, 0.2) is 0 Å². The highest BCUT2D eigenvalue weighted by atomic mass is 19.4. The number of nitrogen functional groups attached to an aromatic ring is 1. The summed E-state index contributed by atoms with van der Waals surface area (Å²) in [7, 11) is 1.70. The van der Waals surface area contributed by atoms with E-state index < -0.39 is 12.6 Å². The van der Waals surface area contributed by atoms with E-state index in [-0.39, 0.29) is 11.6 Å². The first-order valence-electron chi connectivity index (χ1n) is 5.28. The summed E-state index contributed by atoms with van der Waals surface area (Å²) in [6.45, 7) is 0. The van der Waals surface area contributed by atoms with Crippen LogP contribution in [0.5, 0.6) is 0 Å². The van der Waals surface area contributed by atoms with Crippen LogP contribution in [-0.4, -0.2) is 25.9 Å². The maximum atomic E-state index is 12.4. The van der Waals surface area contributed by atoms with Crippen LogP contribution in [-0.2, 0) is 13.5 Å². The minimum absolute atomic E-state index is 0.119. The molecule has 0 bridgehead atoms. The van der Waals surface area contributed by atoms with Crippen molar-refractivity contribution < 1.29 is 13.2 Å². The zero-order valence-electron chi connectivity index (χ0n) is 9.94. The molecular weight excluding hydrogens is 261 g/mol. The highest BCUT2D eigenvalue weighted by Gasteiger charge is 2.29. The number of rotatable bonds is 3. The quantitative estimate of drug-likeness (QED) is 0.649. The molecule has 0 aromatic carbocycles. The fourth-order valence-corrected chi connectivity index (χ4v) is 1.53. The molecule has 0 saturated carbocycles. The van der Waals surface area contributed by atoms with E-state index in [0.717, 1.165) is 0 Å². The molecule has 2 rings (SSSR count). The normalized spacial score (nSPS) is 11.6. The van der Waals surface area contributed by atoms with Gasteiger partial charge in [-0.3, -0.25) is 4.68 Å². The molecule has 2 aromatic rings. The summed E-state index contributed by atoms with van der Waals surface area (Å²) in [4.78, 5) is 7.55. The summed E-state index contributed by atoms with van der Waals surface area (Å²) in [6.07, 6.45) is -2.45. The number of nitrogens with zero attached hydrogens (tertiary/aromatic N) is 4. The van der Waals surface area contributed by atoms with Crippen LogP contribution in [0, 0.1) is 0 Å². The summed E-state index contributed by atoms with van der Waals surface area (Å²) >= 11 is 0. The Bertz CT molecular complexity index is 577. The van der Waals surface area contributed by atoms with Gasteiger partial charge in [0.2, 0.25) is 0 Å².